The van der Waals surface area contributed by atoms with Gasteiger partial charge in [-0.1, -0.05) is 24.3 Å². The molecule has 3 atom stereocenters. The number of hydrogen-bond donors (Lipinski definition) is 1. The Morgan fingerprint density at radius 1 is 1.21 bits per heavy atom. The lowest BCUT2D eigenvalue weighted by Crippen LogP contribution is -2.31. The first-order chi connectivity index (χ1) is 11.6. The van der Waals surface area contributed by atoms with Crippen LogP contribution in [0.1, 0.15) is 42.1 Å². The first-order valence-corrected chi connectivity index (χ1v) is 8.24. The van der Waals surface area contributed by atoms with Crippen molar-refractivity contribution in [2.45, 2.75) is 31.4 Å². The zero-order chi connectivity index (χ0) is 17.1. The normalized spacial score (nSPS) is 22.2. The molecular formula is C20H21FN2O. The molecule has 0 aromatic heterocycles. The third-order valence-corrected chi connectivity index (χ3v) is 4.88. The zero-order valence-corrected chi connectivity index (χ0v) is 13.7. The van der Waals surface area contributed by atoms with Gasteiger partial charge in [0.05, 0.1) is 17.7 Å². The van der Waals surface area contributed by atoms with Crippen LogP contribution in [0.3, 0.4) is 0 Å². The number of β-amino-alcohol motifs (C(OH)–C–C–N with tert-alkyl or cyclic N) is 1. The molecule has 4 heteroatoms. The molecule has 1 saturated heterocycles. The number of hydrogen-bond acceptors (Lipinski definition) is 3. The number of halogens is 1. The van der Waals surface area contributed by atoms with Gasteiger partial charge in [0.2, 0.25) is 0 Å². The number of rotatable bonds is 4. The Hall–Kier alpha value is -2.22. The van der Waals surface area contributed by atoms with Crippen LogP contribution in [0.2, 0.25) is 0 Å². The Kier molecular flexibility index (Phi) is 4.94. The number of aliphatic hydroxyl groups excluding tert-OH is 1. The van der Waals surface area contributed by atoms with Gasteiger partial charge in [0.1, 0.15) is 5.82 Å². The van der Waals surface area contributed by atoms with Gasteiger partial charge in [-0.25, -0.2) is 4.39 Å². The van der Waals surface area contributed by atoms with E-state index in [2.05, 4.69) is 17.9 Å². The summed E-state index contributed by atoms with van der Waals surface area (Å²) < 4.78 is 13.1. The highest BCUT2D eigenvalue weighted by atomic mass is 19.1. The molecule has 0 aliphatic carbocycles. The highest BCUT2D eigenvalue weighted by molar-refractivity contribution is 5.32. The minimum atomic E-state index is -0.577. The van der Waals surface area contributed by atoms with Crippen molar-refractivity contribution < 1.29 is 9.50 Å². The molecule has 1 aliphatic heterocycles. The lowest BCUT2D eigenvalue weighted by atomic mass is 9.97. The molecule has 0 radical (unpaired) electrons. The van der Waals surface area contributed by atoms with Crippen molar-refractivity contribution in [2.24, 2.45) is 0 Å². The molecule has 124 valence electrons. The van der Waals surface area contributed by atoms with E-state index >= 15 is 0 Å². The maximum Gasteiger partial charge on any atom is 0.123 e. The van der Waals surface area contributed by atoms with E-state index in [0.29, 0.717) is 24.1 Å². The molecule has 0 spiro atoms. The van der Waals surface area contributed by atoms with Crippen molar-refractivity contribution in [1.29, 1.82) is 5.26 Å². The third-order valence-electron chi connectivity index (χ3n) is 4.88. The lowest BCUT2D eigenvalue weighted by molar-refractivity contribution is 0.109. The van der Waals surface area contributed by atoms with Crippen LogP contribution in [0.15, 0.2) is 48.5 Å². The number of likely N-dealkylation sites (tertiary alicyclic amines) is 1. The van der Waals surface area contributed by atoms with Crippen LogP contribution in [0.25, 0.3) is 0 Å². The maximum atomic E-state index is 13.1. The molecular weight excluding hydrogens is 303 g/mol. The van der Waals surface area contributed by atoms with E-state index in [1.54, 1.807) is 24.3 Å². The predicted molar refractivity (Wildman–Crippen MR) is 90.9 cm³/mol. The van der Waals surface area contributed by atoms with Crippen LogP contribution in [0.5, 0.6) is 0 Å². The van der Waals surface area contributed by atoms with Gasteiger partial charge in [-0.15, -0.1) is 0 Å². The highest BCUT2D eigenvalue weighted by Crippen LogP contribution is 2.32. The molecule has 1 heterocycles. The summed E-state index contributed by atoms with van der Waals surface area (Å²) in [7, 11) is 0. The summed E-state index contributed by atoms with van der Waals surface area (Å²) in [5.41, 5.74) is 2.57. The molecule has 0 bridgehead atoms. The monoisotopic (exact) mass is 324 g/mol. The average molecular weight is 324 g/mol. The smallest absolute Gasteiger partial charge is 0.123 e. The molecule has 24 heavy (non-hydrogen) atoms. The van der Waals surface area contributed by atoms with Crippen molar-refractivity contribution in [1.82, 2.24) is 4.90 Å². The molecule has 3 unspecified atom stereocenters. The summed E-state index contributed by atoms with van der Waals surface area (Å²) in [5.74, 6) is 0.159. The Bertz CT molecular complexity index is 721. The van der Waals surface area contributed by atoms with Crippen molar-refractivity contribution in [3.05, 3.63) is 71.0 Å². The SMILES string of the molecule is CC1CC(c2ccc(F)cc2)CN1CC(O)c1ccc(C#N)cc1. The molecule has 2 aromatic carbocycles. The highest BCUT2D eigenvalue weighted by Gasteiger charge is 2.31. The summed E-state index contributed by atoms with van der Waals surface area (Å²) >= 11 is 0. The van der Waals surface area contributed by atoms with Gasteiger partial charge in [-0.3, -0.25) is 4.90 Å². The predicted octanol–water partition coefficient (Wildman–Crippen LogP) is 3.61. The summed E-state index contributed by atoms with van der Waals surface area (Å²) in [5, 5.41) is 19.3. The molecule has 3 nitrogen and oxygen atoms in total. The quantitative estimate of drug-likeness (QED) is 0.934. The van der Waals surface area contributed by atoms with E-state index in [9.17, 15) is 9.50 Å². The zero-order valence-electron chi connectivity index (χ0n) is 13.7. The van der Waals surface area contributed by atoms with E-state index in [0.717, 1.165) is 24.1 Å². The fraction of sp³-hybridized carbons (Fsp3) is 0.350. The van der Waals surface area contributed by atoms with Gasteiger partial charge in [-0.2, -0.15) is 5.26 Å². The Morgan fingerprint density at radius 2 is 1.88 bits per heavy atom. The van der Waals surface area contributed by atoms with Gasteiger partial charge in [0.15, 0.2) is 0 Å². The molecule has 1 fully saturated rings. The third kappa shape index (κ3) is 3.64. The van der Waals surface area contributed by atoms with E-state index in [4.69, 9.17) is 5.26 Å². The topological polar surface area (TPSA) is 47.3 Å². The fourth-order valence-corrected chi connectivity index (χ4v) is 3.44. The summed E-state index contributed by atoms with van der Waals surface area (Å²) in [6.45, 7) is 3.58. The van der Waals surface area contributed by atoms with Gasteiger partial charge in [-0.05, 0) is 54.7 Å². The van der Waals surface area contributed by atoms with E-state index in [-0.39, 0.29) is 5.82 Å². The largest absolute Gasteiger partial charge is 0.387 e. The molecule has 1 N–H and O–H groups in total. The van der Waals surface area contributed by atoms with Gasteiger partial charge in [0.25, 0.3) is 0 Å². The van der Waals surface area contributed by atoms with Crippen LogP contribution in [0, 0.1) is 17.1 Å². The van der Waals surface area contributed by atoms with Crippen molar-refractivity contribution >= 4 is 0 Å². The van der Waals surface area contributed by atoms with Crippen LogP contribution >= 0.6 is 0 Å². The number of nitriles is 1. The molecule has 0 saturated carbocycles. The number of aliphatic hydroxyl groups is 1. The van der Waals surface area contributed by atoms with E-state index in [1.165, 1.54) is 12.1 Å². The Labute approximate surface area is 142 Å². The first kappa shape index (κ1) is 16.6. The molecule has 3 rings (SSSR count). The van der Waals surface area contributed by atoms with E-state index < -0.39 is 6.10 Å². The molecule has 0 amide bonds. The van der Waals surface area contributed by atoms with Crippen LogP contribution in [0.4, 0.5) is 4.39 Å². The number of benzene rings is 2. The number of nitrogens with zero attached hydrogens (tertiary/aromatic N) is 2. The van der Waals surface area contributed by atoms with Gasteiger partial charge >= 0.3 is 0 Å². The van der Waals surface area contributed by atoms with E-state index in [1.807, 2.05) is 12.1 Å². The standard InChI is InChI=1S/C20H21FN2O/c1-14-10-18(16-6-8-19(21)9-7-16)12-23(14)13-20(24)17-4-2-15(11-22)3-5-17/h2-9,14,18,20,24H,10,12-13H2,1H3. The Balaban J connectivity index is 1.64. The van der Waals surface area contributed by atoms with Crippen LogP contribution in [-0.2, 0) is 0 Å². The van der Waals surface area contributed by atoms with Crippen LogP contribution in [-0.4, -0.2) is 29.1 Å². The maximum absolute atomic E-state index is 13.1. The second-order valence-electron chi connectivity index (χ2n) is 6.54. The summed E-state index contributed by atoms with van der Waals surface area (Å²) in [6.07, 6.45) is 0.429. The molecule has 2 aromatic rings. The minimum absolute atomic E-state index is 0.210. The van der Waals surface area contributed by atoms with Crippen molar-refractivity contribution in [2.75, 3.05) is 13.1 Å². The van der Waals surface area contributed by atoms with Gasteiger partial charge < -0.3 is 5.11 Å². The second-order valence-corrected chi connectivity index (χ2v) is 6.54. The second kappa shape index (κ2) is 7.12. The van der Waals surface area contributed by atoms with Gasteiger partial charge in [0, 0.05) is 19.1 Å². The van der Waals surface area contributed by atoms with Crippen molar-refractivity contribution in [3.8, 4) is 6.07 Å². The summed E-state index contributed by atoms with van der Waals surface area (Å²) in [4.78, 5) is 2.27. The van der Waals surface area contributed by atoms with Crippen molar-refractivity contribution in [3.63, 3.8) is 0 Å². The first-order valence-electron chi connectivity index (χ1n) is 8.24. The average Bonchev–Trinajstić information content (AvgIpc) is 2.96. The Morgan fingerprint density at radius 3 is 2.50 bits per heavy atom. The minimum Gasteiger partial charge on any atom is -0.387 e. The fourth-order valence-electron chi connectivity index (χ4n) is 3.44. The summed E-state index contributed by atoms with van der Waals surface area (Å²) in [6, 6.07) is 16.2. The molecule has 1 aliphatic rings. The lowest BCUT2D eigenvalue weighted by Gasteiger charge is -2.24. The van der Waals surface area contributed by atoms with Crippen LogP contribution < -0.4 is 0 Å².